The summed E-state index contributed by atoms with van der Waals surface area (Å²) in [7, 11) is 0. The second kappa shape index (κ2) is 10.1. The maximum absolute atomic E-state index is 11.1. The molecule has 0 atom stereocenters. The lowest BCUT2D eigenvalue weighted by Crippen LogP contribution is -2.18. The highest BCUT2D eigenvalue weighted by Crippen LogP contribution is 2.37. The summed E-state index contributed by atoms with van der Waals surface area (Å²) in [4.78, 5) is 11.1. The molecule has 2 aromatic carbocycles. The highest BCUT2D eigenvalue weighted by molar-refractivity contribution is 5.88. The summed E-state index contributed by atoms with van der Waals surface area (Å²) in [5, 5.41) is 9.10. The molecule has 0 aliphatic heterocycles. The Morgan fingerprint density at radius 2 is 1.80 bits per heavy atom. The molecule has 0 bridgehead atoms. The number of aryl methyl sites for hydroxylation is 2. The van der Waals surface area contributed by atoms with E-state index in [1.54, 1.807) is 17.7 Å². The van der Waals surface area contributed by atoms with Gasteiger partial charge in [-0.2, -0.15) is 0 Å². The number of benzene rings is 2. The van der Waals surface area contributed by atoms with Crippen LogP contribution < -0.4 is 0 Å². The summed E-state index contributed by atoms with van der Waals surface area (Å²) in [5.41, 5.74) is 7.45. The van der Waals surface area contributed by atoms with Crippen LogP contribution in [0.1, 0.15) is 104 Å². The molecule has 160 valence electrons. The number of carboxylic acid groups (broad SMARTS) is 1. The SMILES string of the molecule is CCCCCCc1cc2c(cc1/C=C/c1ccc(C(=O)O)cc1)CCCCC2(C)C. The van der Waals surface area contributed by atoms with E-state index < -0.39 is 5.97 Å². The van der Waals surface area contributed by atoms with Gasteiger partial charge in [0.15, 0.2) is 0 Å². The maximum atomic E-state index is 11.1. The average Bonchev–Trinajstić information content (AvgIpc) is 2.87. The van der Waals surface area contributed by atoms with Crippen LogP contribution in [0.15, 0.2) is 36.4 Å². The standard InChI is InChI=1S/C28H36O2/c1-4-5-6-7-10-23-20-26-25(11-8-9-18-28(26,2)3)19-24(23)17-14-21-12-15-22(16-13-21)27(29)30/h12-17,19-20H,4-11,18H2,1-3H3,(H,29,30)/b17-14+. The summed E-state index contributed by atoms with van der Waals surface area (Å²) in [6.45, 7) is 7.06. The van der Waals surface area contributed by atoms with Crippen molar-refractivity contribution >= 4 is 18.1 Å². The molecule has 2 heteroatoms. The van der Waals surface area contributed by atoms with E-state index in [0.717, 1.165) is 12.0 Å². The van der Waals surface area contributed by atoms with Crippen molar-refractivity contribution in [1.82, 2.24) is 0 Å². The fraction of sp³-hybridized carbons (Fsp3) is 0.464. The Morgan fingerprint density at radius 1 is 1.03 bits per heavy atom. The summed E-state index contributed by atoms with van der Waals surface area (Å²) in [5.74, 6) is -0.881. The largest absolute Gasteiger partial charge is 0.478 e. The van der Waals surface area contributed by atoms with E-state index in [9.17, 15) is 4.79 Å². The van der Waals surface area contributed by atoms with Crippen LogP contribution in [0, 0.1) is 0 Å². The molecule has 1 aliphatic carbocycles. The van der Waals surface area contributed by atoms with E-state index in [4.69, 9.17) is 5.11 Å². The third kappa shape index (κ3) is 5.62. The smallest absolute Gasteiger partial charge is 0.335 e. The van der Waals surface area contributed by atoms with Crippen LogP contribution in [0.4, 0.5) is 0 Å². The first-order chi connectivity index (χ1) is 14.4. The third-order valence-corrected chi connectivity index (χ3v) is 6.50. The highest BCUT2D eigenvalue weighted by atomic mass is 16.4. The molecule has 1 N–H and O–H groups in total. The molecule has 0 saturated carbocycles. The number of fused-ring (bicyclic) bond motifs is 1. The summed E-state index contributed by atoms with van der Waals surface area (Å²) in [6.07, 6.45) is 15.6. The van der Waals surface area contributed by atoms with Gasteiger partial charge in [-0.25, -0.2) is 4.79 Å². The second-order valence-electron chi connectivity index (χ2n) is 9.37. The first kappa shape index (κ1) is 22.3. The van der Waals surface area contributed by atoms with Crippen molar-refractivity contribution in [3.8, 4) is 0 Å². The zero-order valence-electron chi connectivity index (χ0n) is 18.8. The first-order valence-corrected chi connectivity index (χ1v) is 11.6. The predicted molar refractivity (Wildman–Crippen MR) is 127 cm³/mol. The van der Waals surface area contributed by atoms with E-state index in [0.29, 0.717) is 5.56 Å². The Bertz CT molecular complexity index is 888. The van der Waals surface area contributed by atoms with Gasteiger partial charge in [0.1, 0.15) is 0 Å². The average molecular weight is 405 g/mol. The van der Waals surface area contributed by atoms with Crippen molar-refractivity contribution in [2.24, 2.45) is 0 Å². The Labute approximate surface area is 182 Å². The van der Waals surface area contributed by atoms with Gasteiger partial charge in [0, 0.05) is 0 Å². The normalized spacial score (nSPS) is 15.7. The highest BCUT2D eigenvalue weighted by Gasteiger charge is 2.26. The Balaban J connectivity index is 1.92. The Hall–Kier alpha value is -2.35. The number of hydrogen-bond acceptors (Lipinski definition) is 1. The summed E-state index contributed by atoms with van der Waals surface area (Å²) < 4.78 is 0. The fourth-order valence-electron chi connectivity index (χ4n) is 4.60. The van der Waals surface area contributed by atoms with Gasteiger partial charge >= 0.3 is 5.97 Å². The molecule has 0 heterocycles. The molecule has 0 spiro atoms. The van der Waals surface area contributed by atoms with Crippen molar-refractivity contribution in [2.45, 2.75) is 84.0 Å². The zero-order valence-corrected chi connectivity index (χ0v) is 18.8. The Morgan fingerprint density at radius 3 is 2.50 bits per heavy atom. The minimum atomic E-state index is -0.881. The van der Waals surface area contributed by atoms with Gasteiger partial charge in [-0.3, -0.25) is 0 Å². The van der Waals surface area contributed by atoms with Gasteiger partial charge in [-0.1, -0.05) is 82.9 Å². The third-order valence-electron chi connectivity index (χ3n) is 6.50. The van der Waals surface area contributed by atoms with Crippen LogP contribution in [-0.2, 0) is 18.3 Å². The minimum Gasteiger partial charge on any atom is -0.478 e. The van der Waals surface area contributed by atoms with Gasteiger partial charge < -0.3 is 5.11 Å². The molecule has 0 radical (unpaired) electrons. The van der Waals surface area contributed by atoms with Crippen LogP contribution in [0.5, 0.6) is 0 Å². The molecule has 0 fully saturated rings. The van der Waals surface area contributed by atoms with Crippen molar-refractivity contribution in [1.29, 1.82) is 0 Å². The molecule has 1 aliphatic rings. The van der Waals surface area contributed by atoms with Crippen LogP contribution in [-0.4, -0.2) is 11.1 Å². The maximum Gasteiger partial charge on any atom is 0.335 e. The lowest BCUT2D eigenvalue weighted by atomic mass is 9.78. The topological polar surface area (TPSA) is 37.3 Å². The molecule has 30 heavy (non-hydrogen) atoms. The van der Waals surface area contributed by atoms with Crippen LogP contribution in [0.25, 0.3) is 12.2 Å². The fourth-order valence-corrected chi connectivity index (χ4v) is 4.60. The number of rotatable bonds is 8. The number of carboxylic acids is 1. The number of carbonyl (C=O) groups is 1. The van der Waals surface area contributed by atoms with E-state index in [1.807, 2.05) is 12.1 Å². The van der Waals surface area contributed by atoms with Gasteiger partial charge in [0.2, 0.25) is 0 Å². The molecule has 2 nitrogen and oxygen atoms in total. The monoisotopic (exact) mass is 404 g/mol. The molecule has 0 aromatic heterocycles. The van der Waals surface area contributed by atoms with Gasteiger partial charge in [-0.15, -0.1) is 0 Å². The number of unbranched alkanes of at least 4 members (excludes halogenated alkanes) is 3. The lowest BCUT2D eigenvalue weighted by molar-refractivity contribution is 0.0697. The molecule has 0 unspecified atom stereocenters. The number of aromatic carboxylic acids is 1. The molecule has 2 aromatic rings. The van der Waals surface area contributed by atoms with E-state index in [1.165, 1.54) is 68.1 Å². The molecule has 0 amide bonds. The van der Waals surface area contributed by atoms with Crippen LogP contribution in [0.2, 0.25) is 0 Å². The molecular weight excluding hydrogens is 368 g/mol. The minimum absolute atomic E-state index is 0.249. The summed E-state index contributed by atoms with van der Waals surface area (Å²) in [6, 6.07) is 12.0. The van der Waals surface area contributed by atoms with Crippen LogP contribution in [0.3, 0.4) is 0 Å². The van der Waals surface area contributed by atoms with E-state index >= 15 is 0 Å². The quantitative estimate of drug-likeness (QED) is 0.278. The first-order valence-electron chi connectivity index (χ1n) is 11.6. The van der Waals surface area contributed by atoms with E-state index in [-0.39, 0.29) is 5.41 Å². The molecule has 0 saturated heterocycles. The predicted octanol–water partition coefficient (Wildman–Crippen LogP) is 7.68. The Kier molecular flexibility index (Phi) is 7.53. The van der Waals surface area contributed by atoms with Crippen molar-refractivity contribution in [3.63, 3.8) is 0 Å². The molecule has 3 rings (SSSR count). The van der Waals surface area contributed by atoms with Gasteiger partial charge in [0.05, 0.1) is 5.56 Å². The zero-order chi connectivity index (χ0) is 21.6. The van der Waals surface area contributed by atoms with Crippen molar-refractivity contribution < 1.29 is 9.90 Å². The number of hydrogen-bond donors (Lipinski definition) is 1. The second-order valence-corrected chi connectivity index (χ2v) is 9.37. The van der Waals surface area contributed by atoms with Gasteiger partial charge in [0.25, 0.3) is 0 Å². The van der Waals surface area contributed by atoms with Gasteiger partial charge in [-0.05, 0) is 77.5 Å². The molecular formula is C28H36O2. The van der Waals surface area contributed by atoms with Crippen LogP contribution >= 0.6 is 0 Å². The van der Waals surface area contributed by atoms with E-state index in [2.05, 4.69) is 45.1 Å². The van der Waals surface area contributed by atoms with Crippen molar-refractivity contribution in [3.05, 3.63) is 69.8 Å². The van der Waals surface area contributed by atoms with Crippen molar-refractivity contribution in [2.75, 3.05) is 0 Å². The lowest BCUT2D eigenvalue weighted by Gasteiger charge is -2.27. The summed E-state index contributed by atoms with van der Waals surface area (Å²) >= 11 is 0.